The summed E-state index contributed by atoms with van der Waals surface area (Å²) in [6, 6.07) is 35.5. The van der Waals surface area contributed by atoms with Crippen molar-refractivity contribution >= 4 is 24.8 Å². The van der Waals surface area contributed by atoms with Gasteiger partial charge in [0.05, 0.1) is 0 Å². The van der Waals surface area contributed by atoms with E-state index in [2.05, 4.69) is 48.6 Å². The summed E-state index contributed by atoms with van der Waals surface area (Å²) in [5, 5.41) is 4.53. The Balaban J connectivity index is 0.00000216. The Hall–Kier alpha value is -3.78. The van der Waals surface area contributed by atoms with Gasteiger partial charge in [-0.05, 0) is 0 Å². The minimum absolute atomic E-state index is 0. The Morgan fingerprint density at radius 3 is 1.56 bits per heavy atom. The van der Waals surface area contributed by atoms with Crippen LogP contribution in [0.25, 0.3) is 32.7 Å². The molecule has 2 aliphatic carbocycles. The Bertz CT molecular complexity index is 2270. The molecule has 0 N–H and O–H groups in total. The van der Waals surface area contributed by atoms with Crippen molar-refractivity contribution in [3.63, 3.8) is 0 Å². The minimum atomic E-state index is -4.52. The number of allylic oxidation sites excluding steroid dienone is 4. The molecule has 6 aromatic rings. The summed E-state index contributed by atoms with van der Waals surface area (Å²) < 4.78 is 84.5. The zero-order valence-corrected chi connectivity index (χ0v) is 31.2. The minimum Gasteiger partial charge on any atom is -1.00 e. The third-order valence-electron chi connectivity index (χ3n) is 9.48. The molecule has 0 aliphatic heterocycles. The van der Waals surface area contributed by atoms with Gasteiger partial charge in [0.1, 0.15) is 0 Å². The topological polar surface area (TPSA) is 0 Å². The van der Waals surface area contributed by atoms with Crippen molar-refractivity contribution in [1.29, 1.82) is 0 Å². The molecule has 0 aromatic heterocycles. The molecule has 250 valence electrons. The SMILES string of the molecule is FC(F)(F)c1ccc([C](c2ccc(C(F)(F)F)cc2)=[Hf+2]([C]2=CC=CC2)[CH]2c3ccccc3-c3c2c2ccccc2c2ccccc32)cc1.[Cl-].[Cl-]. The van der Waals surface area contributed by atoms with E-state index in [0.29, 0.717) is 17.5 Å². The number of hydrogen-bond donors (Lipinski definition) is 0. The standard InChI is InChI=1S/C21H13.C15H8F6.C5H5.2ClH.Hf/c1-2-8-15-14(7-1)13-20-18-11-4-3-9-16(18)17-10-5-6-12-19(17)21(15)20;16-14(17,18)12-5-1-10(2-6-12)9-11-3-7-13(8-4-11)15(19,20)21;1-2-4-5-3-1;;;/h1-13H;1-8H;1-3H,4H2;2*1H;/q;;;;;+2/p-2. The van der Waals surface area contributed by atoms with Gasteiger partial charge in [-0.15, -0.1) is 0 Å². The van der Waals surface area contributed by atoms with Crippen LogP contribution in [-0.4, -0.2) is 3.26 Å². The zero-order valence-electron chi connectivity index (χ0n) is 26.1. The van der Waals surface area contributed by atoms with E-state index in [9.17, 15) is 26.3 Å². The Labute approximate surface area is 305 Å². The summed E-state index contributed by atoms with van der Waals surface area (Å²) in [6.07, 6.45) is -2.07. The van der Waals surface area contributed by atoms with Crippen LogP contribution >= 0.6 is 0 Å². The van der Waals surface area contributed by atoms with Crippen molar-refractivity contribution < 1.29 is 72.1 Å². The van der Waals surface area contributed by atoms with Gasteiger partial charge in [0.15, 0.2) is 0 Å². The molecule has 50 heavy (non-hydrogen) atoms. The molecule has 2 aliphatic rings. The van der Waals surface area contributed by atoms with Gasteiger partial charge in [-0.25, -0.2) is 0 Å². The molecule has 0 spiro atoms. The Morgan fingerprint density at radius 1 is 0.560 bits per heavy atom. The van der Waals surface area contributed by atoms with Gasteiger partial charge < -0.3 is 24.8 Å². The molecule has 0 radical (unpaired) electrons. The van der Waals surface area contributed by atoms with Crippen molar-refractivity contribution in [3.05, 3.63) is 176 Å². The van der Waals surface area contributed by atoms with Gasteiger partial charge >= 0.3 is 282 Å². The third kappa shape index (κ3) is 6.12. The molecule has 0 nitrogen and oxygen atoms in total. The van der Waals surface area contributed by atoms with Crippen LogP contribution < -0.4 is 24.8 Å². The maximum absolute atomic E-state index is 13.7. The first-order valence-electron chi connectivity index (χ1n) is 15.6. The predicted octanol–water partition coefficient (Wildman–Crippen LogP) is 5.84. The second kappa shape index (κ2) is 13.7. The second-order valence-corrected chi connectivity index (χ2v) is 21.3. The summed E-state index contributed by atoms with van der Waals surface area (Å²) in [7, 11) is 0. The molecule has 9 heteroatoms. The summed E-state index contributed by atoms with van der Waals surface area (Å²) in [4.78, 5) is 0. The van der Waals surface area contributed by atoms with Gasteiger partial charge in [0.2, 0.25) is 0 Å². The molecule has 0 bridgehead atoms. The molecule has 8 rings (SSSR count). The van der Waals surface area contributed by atoms with Crippen molar-refractivity contribution in [2.75, 3.05) is 0 Å². The van der Waals surface area contributed by atoms with Crippen molar-refractivity contribution in [1.82, 2.24) is 0 Å². The van der Waals surface area contributed by atoms with Crippen molar-refractivity contribution in [2.45, 2.75) is 22.4 Å². The van der Waals surface area contributed by atoms with E-state index < -0.39 is 44.4 Å². The molecule has 0 saturated carbocycles. The van der Waals surface area contributed by atoms with Crippen molar-refractivity contribution in [3.8, 4) is 11.1 Å². The van der Waals surface area contributed by atoms with E-state index in [1.807, 2.05) is 42.5 Å². The average molecular weight is 882 g/mol. The molecule has 1 unspecified atom stereocenters. The summed E-state index contributed by atoms with van der Waals surface area (Å²) in [5.74, 6) is 0. The largest absolute Gasteiger partial charge is 1.00 e. The van der Waals surface area contributed by atoms with Crippen LogP contribution in [0.2, 0.25) is 0 Å². The summed E-state index contributed by atoms with van der Waals surface area (Å²) >= 11 is -3.66. The van der Waals surface area contributed by atoms with E-state index in [-0.39, 0.29) is 28.5 Å². The predicted molar refractivity (Wildman–Crippen MR) is 177 cm³/mol. The number of alkyl halides is 6. The smallest absolute Gasteiger partial charge is 1.00 e. The summed E-state index contributed by atoms with van der Waals surface area (Å²) in [6.45, 7) is 0. The van der Waals surface area contributed by atoms with E-state index in [0.717, 1.165) is 60.2 Å². The average Bonchev–Trinajstić information content (AvgIpc) is 3.74. The molecule has 0 amide bonds. The van der Waals surface area contributed by atoms with Crippen LogP contribution in [0.3, 0.4) is 0 Å². The fraction of sp³-hybridized carbons (Fsp3) is 0.0976. The van der Waals surface area contributed by atoms with Gasteiger partial charge in [-0.3, -0.25) is 0 Å². The van der Waals surface area contributed by atoms with Gasteiger partial charge in [0, 0.05) is 0 Å². The molecule has 0 heterocycles. The van der Waals surface area contributed by atoms with Crippen LogP contribution in [0.15, 0.2) is 143 Å². The molecule has 6 aromatic carbocycles. The first-order valence-corrected chi connectivity index (χ1v) is 21.3. The van der Waals surface area contributed by atoms with E-state index in [4.69, 9.17) is 0 Å². The van der Waals surface area contributed by atoms with E-state index in [1.54, 1.807) is 0 Å². The fourth-order valence-corrected chi connectivity index (χ4v) is 20.8. The molecule has 1 atom stereocenters. The second-order valence-electron chi connectivity index (χ2n) is 12.2. The Morgan fingerprint density at radius 2 is 1.04 bits per heavy atom. The summed E-state index contributed by atoms with van der Waals surface area (Å²) in [5.41, 5.74) is 4.38. The first kappa shape index (κ1) is 36.0. The van der Waals surface area contributed by atoms with Gasteiger partial charge in [-0.1, -0.05) is 0 Å². The molecule has 0 saturated heterocycles. The third-order valence-corrected chi connectivity index (χ3v) is 21.5. The van der Waals surface area contributed by atoms with E-state index in [1.165, 1.54) is 38.7 Å². The quantitative estimate of drug-likeness (QED) is 0.119. The zero-order chi connectivity index (χ0) is 33.2. The number of halogens is 8. The van der Waals surface area contributed by atoms with Gasteiger partial charge in [0.25, 0.3) is 0 Å². The van der Waals surface area contributed by atoms with Crippen molar-refractivity contribution in [2.24, 2.45) is 0 Å². The molecular formula is C41H26Cl2F6Hf. The maximum Gasteiger partial charge on any atom is -1.00 e. The molecular weight excluding hydrogens is 856 g/mol. The van der Waals surface area contributed by atoms with Crippen LogP contribution in [0.5, 0.6) is 0 Å². The van der Waals surface area contributed by atoms with Crippen LogP contribution in [0.4, 0.5) is 26.3 Å². The number of fused-ring (bicyclic) bond motifs is 8. The maximum atomic E-state index is 13.7. The van der Waals surface area contributed by atoms with Crippen LogP contribution in [-0.2, 0) is 33.3 Å². The van der Waals surface area contributed by atoms with E-state index >= 15 is 0 Å². The van der Waals surface area contributed by atoms with Crippen LogP contribution in [0.1, 0.15) is 43.5 Å². The number of hydrogen-bond acceptors (Lipinski definition) is 0. The molecule has 0 fully saturated rings. The number of benzene rings is 6. The number of rotatable bonds is 4. The van der Waals surface area contributed by atoms with Gasteiger partial charge in [-0.2, -0.15) is 0 Å². The normalized spacial score (nSPS) is 14.7. The first-order chi connectivity index (χ1) is 23.1. The fourth-order valence-electron chi connectivity index (χ4n) is 7.46. The van der Waals surface area contributed by atoms with Crippen LogP contribution in [0, 0.1) is 0 Å². The monoisotopic (exact) mass is 882 g/mol. The Kier molecular flexibility index (Phi) is 9.90.